The molecule has 0 aliphatic carbocycles. The van der Waals surface area contributed by atoms with Gasteiger partial charge in [-0.25, -0.2) is 0 Å². The van der Waals surface area contributed by atoms with Crippen molar-refractivity contribution in [3.8, 4) is 0 Å². The van der Waals surface area contributed by atoms with Gasteiger partial charge >= 0.3 is 0 Å². The predicted octanol–water partition coefficient (Wildman–Crippen LogP) is 3.03. The summed E-state index contributed by atoms with van der Waals surface area (Å²) < 4.78 is 24.1. The van der Waals surface area contributed by atoms with Crippen LogP contribution in [-0.2, 0) is 18.9 Å². The van der Waals surface area contributed by atoms with Gasteiger partial charge in [0.1, 0.15) is 0 Å². The minimum atomic E-state index is -0.401. The van der Waals surface area contributed by atoms with Crippen LogP contribution in [-0.4, -0.2) is 25.3 Å². The van der Waals surface area contributed by atoms with Gasteiger partial charge in [-0.2, -0.15) is 0 Å². The van der Waals surface area contributed by atoms with Crippen LogP contribution < -0.4 is 5.32 Å². The SMILES string of the molecule is c1ccc(C2OCC3NC4COC(c5ccccc5)OC4=C3O2)cc1. The van der Waals surface area contributed by atoms with E-state index in [1.165, 1.54) is 0 Å². The van der Waals surface area contributed by atoms with Crippen LogP contribution >= 0.6 is 0 Å². The Bertz CT molecular complexity index is 711. The van der Waals surface area contributed by atoms with Crippen LogP contribution in [0.15, 0.2) is 72.2 Å². The molecule has 3 aliphatic heterocycles. The van der Waals surface area contributed by atoms with Gasteiger partial charge in [0, 0.05) is 11.1 Å². The van der Waals surface area contributed by atoms with Crippen molar-refractivity contribution >= 4 is 0 Å². The molecule has 0 bridgehead atoms. The molecule has 0 spiro atoms. The lowest BCUT2D eigenvalue weighted by Gasteiger charge is -2.31. The summed E-state index contributed by atoms with van der Waals surface area (Å²) >= 11 is 0. The van der Waals surface area contributed by atoms with E-state index in [1.807, 2.05) is 60.7 Å². The first-order valence-corrected chi connectivity index (χ1v) is 8.55. The normalized spacial score (nSPS) is 30.9. The first kappa shape index (κ1) is 15.0. The zero-order valence-corrected chi connectivity index (χ0v) is 13.6. The highest BCUT2D eigenvalue weighted by molar-refractivity contribution is 5.28. The van der Waals surface area contributed by atoms with E-state index in [4.69, 9.17) is 18.9 Å². The Morgan fingerprint density at radius 1 is 0.640 bits per heavy atom. The molecule has 2 aromatic rings. The third-order valence-corrected chi connectivity index (χ3v) is 4.72. The number of benzene rings is 2. The number of ether oxygens (including phenoxy) is 4. The topological polar surface area (TPSA) is 49.0 Å². The molecule has 0 aromatic heterocycles. The largest absolute Gasteiger partial charge is 0.460 e. The summed E-state index contributed by atoms with van der Waals surface area (Å²) in [7, 11) is 0. The van der Waals surface area contributed by atoms with Gasteiger partial charge < -0.3 is 18.9 Å². The van der Waals surface area contributed by atoms with Gasteiger partial charge in [0.25, 0.3) is 0 Å². The summed E-state index contributed by atoms with van der Waals surface area (Å²) in [4.78, 5) is 0. The van der Waals surface area contributed by atoms with E-state index in [-0.39, 0.29) is 12.1 Å². The summed E-state index contributed by atoms with van der Waals surface area (Å²) in [6.45, 7) is 1.10. The highest BCUT2D eigenvalue weighted by Crippen LogP contribution is 2.39. The average Bonchev–Trinajstić information content (AvgIpc) is 3.06. The fraction of sp³-hybridized carbons (Fsp3) is 0.300. The Morgan fingerprint density at radius 3 is 1.52 bits per heavy atom. The Kier molecular flexibility index (Phi) is 3.70. The first-order chi connectivity index (χ1) is 12.4. The number of hydrogen-bond acceptors (Lipinski definition) is 5. The van der Waals surface area contributed by atoms with Crippen molar-refractivity contribution in [3.63, 3.8) is 0 Å². The second-order valence-electron chi connectivity index (χ2n) is 6.39. The molecule has 0 radical (unpaired) electrons. The monoisotopic (exact) mass is 337 g/mol. The maximum absolute atomic E-state index is 6.16. The summed E-state index contributed by atoms with van der Waals surface area (Å²) in [5.41, 5.74) is 2.01. The second kappa shape index (κ2) is 6.19. The zero-order valence-electron chi connectivity index (χ0n) is 13.6. The quantitative estimate of drug-likeness (QED) is 0.913. The van der Waals surface area contributed by atoms with E-state index in [2.05, 4.69) is 5.32 Å². The van der Waals surface area contributed by atoms with Crippen LogP contribution in [0.5, 0.6) is 0 Å². The Morgan fingerprint density at radius 2 is 1.08 bits per heavy atom. The minimum Gasteiger partial charge on any atom is -0.460 e. The fourth-order valence-electron chi connectivity index (χ4n) is 3.48. The summed E-state index contributed by atoms with van der Waals surface area (Å²) in [5.74, 6) is 1.68. The van der Waals surface area contributed by atoms with Crippen LogP contribution in [0.4, 0.5) is 0 Å². The molecule has 3 aliphatic rings. The van der Waals surface area contributed by atoms with E-state index in [0.717, 1.165) is 22.6 Å². The molecule has 1 N–H and O–H groups in total. The lowest BCUT2D eigenvalue weighted by molar-refractivity contribution is -0.172. The molecule has 5 rings (SSSR count). The Labute approximate surface area is 146 Å². The molecule has 4 atom stereocenters. The third kappa shape index (κ3) is 2.70. The number of rotatable bonds is 2. The second-order valence-corrected chi connectivity index (χ2v) is 6.39. The summed E-state index contributed by atoms with van der Waals surface area (Å²) in [5, 5.41) is 3.46. The molecular weight excluding hydrogens is 318 g/mol. The lowest BCUT2D eigenvalue weighted by atomic mass is 10.1. The van der Waals surface area contributed by atoms with Crippen molar-refractivity contribution in [2.75, 3.05) is 13.2 Å². The average molecular weight is 337 g/mol. The van der Waals surface area contributed by atoms with E-state index in [1.54, 1.807) is 0 Å². The lowest BCUT2D eigenvalue weighted by Crippen LogP contribution is -2.42. The van der Waals surface area contributed by atoms with Gasteiger partial charge in [-0.05, 0) is 0 Å². The van der Waals surface area contributed by atoms with Crippen LogP contribution in [0.2, 0.25) is 0 Å². The van der Waals surface area contributed by atoms with E-state index >= 15 is 0 Å². The summed E-state index contributed by atoms with van der Waals surface area (Å²) in [6.07, 6.45) is -0.802. The Hall–Kier alpha value is -2.34. The number of hydrogen-bond donors (Lipinski definition) is 1. The molecule has 0 saturated carbocycles. The summed E-state index contributed by atoms with van der Waals surface area (Å²) in [6, 6.07) is 20.0. The number of fused-ring (bicyclic) bond motifs is 2. The van der Waals surface area contributed by atoms with Gasteiger partial charge in [0.05, 0.1) is 25.3 Å². The van der Waals surface area contributed by atoms with Crippen molar-refractivity contribution in [3.05, 3.63) is 83.3 Å². The molecule has 128 valence electrons. The van der Waals surface area contributed by atoms with Gasteiger partial charge in [-0.1, -0.05) is 60.7 Å². The molecule has 5 heteroatoms. The fourth-order valence-corrected chi connectivity index (χ4v) is 3.48. The molecule has 3 heterocycles. The van der Waals surface area contributed by atoms with E-state index in [9.17, 15) is 0 Å². The molecule has 4 unspecified atom stereocenters. The van der Waals surface area contributed by atoms with Gasteiger partial charge in [0.2, 0.25) is 12.6 Å². The van der Waals surface area contributed by atoms with Crippen molar-refractivity contribution < 1.29 is 18.9 Å². The Balaban J connectivity index is 1.42. The highest BCUT2D eigenvalue weighted by atomic mass is 16.7. The minimum absolute atomic E-state index is 0.0121. The molecular formula is C20H19NO4. The van der Waals surface area contributed by atoms with Crippen LogP contribution in [0.3, 0.4) is 0 Å². The molecule has 0 amide bonds. The van der Waals surface area contributed by atoms with E-state index < -0.39 is 12.6 Å². The third-order valence-electron chi connectivity index (χ3n) is 4.72. The molecule has 2 fully saturated rings. The smallest absolute Gasteiger partial charge is 0.226 e. The van der Waals surface area contributed by atoms with Crippen molar-refractivity contribution in [1.29, 1.82) is 0 Å². The molecule has 5 nitrogen and oxygen atoms in total. The van der Waals surface area contributed by atoms with Crippen LogP contribution in [0.25, 0.3) is 0 Å². The first-order valence-electron chi connectivity index (χ1n) is 8.55. The zero-order chi connectivity index (χ0) is 16.6. The van der Waals surface area contributed by atoms with Crippen molar-refractivity contribution in [1.82, 2.24) is 5.32 Å². The van der Waals surface area contributed by atoms with Crippen LogP contribution in [0.1, 0.15) is 23.7 Å². The van der Waals surface area contributed by atoms with Crippen molar-refractivity contribution in [2.45, 2.75) is 24.7 Å². The number of nitrogens with one attached hydrogen (secondary N) is 1. The van der Waals surface area contributed by atoms with Gasteiger partial charge in [0.15, 0.2) is 11.5 Å². The van der Waals surface area contributed by atoms with Gasteiger partial charge in [-0.3, -0.25) is 5.32 Å². The standard InChI is InChI=1S/C20H19NO4/c1-3-7-13(8-4-1)19-22-11-15-17(24-19)18-16(21-15)12-23-20(25-18)14-9-5-2-6-10-14/h1-10,15-16,19-21H,11-12H2. The molecule has 25 heavy (non-hydrogen) atoms. The molecule has 2 aromatic carbocycles. The highest BCUT2D eigenvalue weighted by Gasteiger charge is 2.44. The van der Waals surface area contributed by atoms with E-state index in [0.29, 0.717) is 13.2 Å². The predicted molar refractivity (Wildman–Crippen MR) is 90.2 cm³/mol. The maximum atomic E-state index is 6.16. The van der Waals surface area contributed by atoms with Gasteiger partial charge in [-0.15, -0.1) is 0 Å². The van der Waals surface area contributed by atoms with Crippen LogP contribution in [0, 0.1) is 0 Å². The van der Waals surface area contributed by atoms with Crippen molar-refractivity contribution in [2.24, 2.45) is 0 Å². The molecule has 2 saturated heterocycles. The maximum Gasteiger partial charge on any atom is 0.226 e.